The van der Waals surface area contributed by atoms with E-state index in [4.69, 9.17) is 10.5 Å². The number of hydrazone groups is 1. The van der Waals surface area contributed by atoms with Gasteiger partial charge in [0.1, 0.15) is 23.0 Å². The summed E-state index contributed by atoms with van der Waals surface area (Å²) in [6, 6.07) is 14.3. The Bertz CT molecular complexity index is 1210. The summed E-state index contributed by atoms with van der Waals surface area (Å²) in [6.45, 7) is 3.74. The number of rotatable bonds is 9. The van der Waals surface area contributed by atoms with Gasteiger partial charge in [0.05, 0.1) is 17.9 Å². The van der Waals surface area contributed by atoms with Gasteiger partial charge >= 0.3 is 0 Å². The zero-order valence-corrected chi connectivity index (χ0v) is 21.9. The van der Waals surface area contributed by atoms with Crippen molar-refractivity contribution in [2.45, 2.75) is 44.7 Å². The van der Waals surface area contributed by atoms with Crippen molar-refractivity contribution < 1.29 is 23.5 Å². The number of benzene rings is 2. The molecule has 38 heavy (non-hydrogen) atoms. The molecule has 2 atom stereocenters. The minimum absolute atomic E-state index is 0.102. The fraction of sp³-hybridized carbons (Fsp3) is 0.429. The molecule has 0 saturated carbocycles. The number of halogens is 1. The van der Waals surface area contributed by atoms with E-state index in [9.17, 15) is 18.8 Å². The highest BCUT2D eigenvalue weighted by Crippen LogP contribution is 2.38. The Labute approximate surface area is 221 Å². The van der Waals surface area contributed by atoms with E-state index < -0.39 is 22.9 Å². The second-order valence-electron chi connectivity index (χ2n) is 10.5. The van der Waals surface area contributed by atoms with E-state index in [1.165, 1.54) is 29.3 Å². The van der Waals surface area contributed by atoms with Gasteiger partial charge < -0.3 is 20.7 Å². The number of hydrogen-bond donors (Lipinski definition) is 2. The summed E-state index contributed by atoms with van der Waals surface area (Å²) < 4.78 is 18.9. The molecule has 2 aliphatic rings. The SMILES string of the molecule is CN1N=C2CCN(C(=O)C(CCOc3ccc(F)cc3)NC(=O)C(C)(C)N)CC2(Cc2ccccc2)C1=O. The van der Waals surface area contributed by atoms with Crippen LogP contribution in [0, 0.1) is 11.2 Å². The molecule has 0 radical (unpaired) electrons. The molecule has 4 rings (SSSR count). The van der Waals surface area contributed by atoms with Crippen LogP contribution in [-0.2, 0) is 20.8 Å². The molecule has 0 bridgehead atoms. The van der Waals surface area contributed by atoms with Crippen LogP contribution in [0.4, 0.5) is 4.39 Å². The van der Waals surface area contributed by atoms with Crippen LogP contribution in [-0.4, -0.2) is 71.7 Å². The number of nitrogens with zero attached hydrogens (tertiary/aromatic N) is 3. The van der Waals surface area contributed by atoms with Crippen molar-refractivity contribution in [1.29, 1.82) is 0 Å². The number of nitrogens with two attached hydrogens (primary N) is 1. The van der Waals surface area contributed by atoms with Gasteiger partial charge in [0.15, 0.2) is 0 Å². The average molecular weight is 524 g/mol. The van der Waals surface area contributed by atoms with Crippen molar-refractivity contribution in [3.8, 4) is 5.75 Å². The summed E-state index contributed by atoms with van der Waals surface area (Å²) in [4.78, 5) is 41.6. The standard InChI is InChI=1S/C28H34FN5O4/c1-27(2,30)25(36)31-22(14-16-38-21-11-9-20(29)10-12-21)24(35)34-15-13-23-28(18-34,26(37)33(3)32-23)17-19-7-5-4-6-8-19/h4-12,22H,13-18,30H2,1-3H3,(H,31,36). The second-order valence-corrected chi connectivity index (χ2v) is 10.5. The van der Waals surface area contributed by atoms with Crippen LogP contribution in [0.15, 0.2) is 59.7 Å². The molecule has 2 aliphatic heterocycles. The third-order valence-corrected chi connectivity index (χ3v) is 6.94. The lowest BCUT2D eigenvalue weighted by Crippen LogP contribution is -2.61. The van der Waals surface area contributed by atoms with E-state index in [1.807, 2.05) is 30.3 Å². The van der Waals surface area contributed by atoms with Crippen LogP contribution in [0.1, 0.15) is 32.3 Å². The minimum Gasteiger partial charge on any atom is -0.493 e. The predicted molar refractivity (Wildman–Crippen MR) is 141 cm³/mol. The van der Waals surface area contributed by atoms with Gasteiger partial charge in [0.2, 0.25) is 11.8 Å². The lowest BCUT2D eigenvalue weighted by molar-refractivity contribution is -0.142. The number of carbonyl (C=O) groups is 3. The van der Waals surface area contributed by atoms with Crippen LogP contribution in [0.5, 0.6) is 5.75 Å². The van der Waals surface area contributed by atoms with Crippen LogP contribution >= 0.6 is 0 Å². The maximum atomic E-state index is 13.8. The molecule has 2 unspecified atom stereocenters. The Balaban J connectivity index is 1.54. The lowest BCUT2D eigenvalue weighted by Gasteiger charge is -2.41. The summed E-state index contributed by atoms with van der Waals surface area (Å²) in [6.07, 6.45) is 1.03. The molecule has 202 valence electrons. The molecule has 10 heteroatoms. The lowest BCUT2D eigenvalue weighted by atomic mass is 9.73. The topological polar surface area (TPSA) is 117 Å². The van der Waals surface area contributed by atoms with Gasteiger partial charge in [-0.15, -0.1) is 0 Å². The van der Waals surface area contributed by atoms with Gasteiger partial charge in [-0.1, -0.05) is 30.3 Å². The maximum Gasteiger partial charge on any atom is 0.256 e. The highest BCUT2D eigenvalue weighted by Gasteiger charge is 2.53. The van der Waals surface area contributed by atoms with Crippen molar-refractivity contribution >= 4 is 23.4 Å². The molecule has 2 aromatic carbocycles. The maximum absolute atomic E-state index is 13.8. The van der Waals surface area contributed by atoms with Gasteiger partial charge in [-0.05, 0) is 50.1 Å². The molecule has 3 amide bonds. The van der Waals surface area contributed by atoms with E-state index in [2.05, 4.69) is 10.4 Å². The van der Waals surface area contributed by atoms with Crippen molar-refractivity contribution in [1.82, 2.24) is 15.2 Å². The number of carbonyl (C=O) groups excluding carboxylic acids is 3. The monoisotopic (exact) mass is 523 g/mol. The first-order chi connectivity index (χ1) is 18.0. The molecular formula is C28H34FN5O4. The number of likely N-dealkylation sites (tertiary alicyclic amines) is 1. The quantitative estimate of drug-likeness (QED) is 0.522. The normalized spacial score (nSPS) is 20.0. The smallest absolute Gasteiger partial charge is 0.256 e. The highest BCUT2D eigenvalue weighted by atomic mass is 19.1. The zero-order valence-electron chi connectivity index (χ0n) is 21.9. The largest absolute Gasteiger partial charge is 0.493 e. The highest BCUT2D eigenvalue weighted by molar-refractivity contribution is 6.13. The number of ether oxygens (including phenoxy) is 1. The molecule has 0 spiro atoms. The summed E-state index contributed by atoms with van der Waals surface area (Å²) in [5.74, 6) is -0.889. The molecule has 1 saturated heterocycles. The van der Waals surface area contributed by atoms with Crippen LogP contribution < -0.4 is 15.8 Å². The molecule has 2 heterocycles. The number of hydrogen-bond acceptors (Lipinski definition) is 6. The molecule has 0 aromatic heterocycles. The zero-order chi connectivity index (χ0) is 27.5. The number of amides is 3. The Morgan fingerprint density at radius 2 is 1.87 bits per heavy atom. The van der Waals surface area contributed by atoms with Crippen molar-refractivity contribution in [3.05, 3.63) is 66.0 Å². The molecule has 3 N–H and O–H groups in total. The first-order valence-corrected chi connectivity index (χ1v) is 12.7. The Hall–Kier alpha value is -3.79. The number of fused-ring (bicyclic) bond motifs is 1. The van der Waals surface area contributed by atoms with Gasteiger partial charge in [-0.25, -0.2) is 9.40 Å². The van der Waals surface area contributed by atoms with Crippen molar-refractivity contribution in [3.63, 3.8) is 0 Å². The summed E-state index contributed by atoms with van der Waals surface area (Å²) in [5.41, 5.74) is 5.56. The Kier molecular flexibility index (Phi) is 7.82. The van der Waals surface area contributed by atoms with Crippen molar-refractivity contribution in [2.24, 2.45) is 16.3 Å². The summed E-state index contributed by atoms with van der Waals surface area (Å²) in [7, 11) is 1.63. The molecule has 0 aliphatic carbocycles. The third kappa shape index (κ3) is 5.85. The number of nitrogens with one attached hydrogen (secondary N) is 1. The fourth-order valence-electron chi connectivity index (χ4n) is 4.86. The van der Waals surface area contributed by atoms with Gasteiger partial charge in [0, 0.05) is 33.0 Å². The van der Waals surface area contributed by atoms with Gasteiger partial charge in [-0.3, -0.25) is 14.4 Å². The first kappa shape index (κ1) is 27.3. The van der Waals surface area contributed by atoms with Crippen LogP contribution in [0.2, 0.25) is 0 Å². The average Bonchev–Trinajstić information content (AvgIpc) is 3.13. The Morgan fingerprint density at radius 1 is 1.18 bits per heavy atom. The van der Waals surface area contributed by atoms with Crippen LogP contribution in [0.3, 0.4) is 0 Å². The third-order valence-electron chi connectivity index (χ3n) is 6.94. The van der Waals surface area contributed by atoms with E-state index in [0.29, 0.717) is 25.1 Å². The van der Waals surface area contributed by atoms with E-state index in [1.54, 1.807) is 25.8 Å². The summed E-state index contributed by atoms with van der Waals surface area (Å²) >= 11 is 0. The van der Waals surface area contributed by atoms with Crippen LogP contribution in [0.25, 0.3) is 0 Å². The molecule has 1 fully saturated rings. The molecule has 2 aromatic rings. The Morgan fingerprint density at radius 3 is 2.53 bits per heavy atom. The van der Waals surface area contributed by atoms with E-state index in [0.717, 1.165) is 11.3 Å². The predicted octanol–water partition coefficient (Wildman–Crippen LogP) is 2.11. The number of piperidine rings is 1. The van der Waals surface area contributed by atoms with E-state index >= 15 is 0 Å². The molecular weight excluding hydrogens is 489 g/mol. The fourth-order valence-corrected chi connectivity index (χ4v) is 4.86. The first-order valence-electron chi connectivity index (χ1n) is 12.7. The van der Waals surface area contributed by atoms with Gasteiger partial charge in [-0.2, -0.15) is 5.10 Å². The summed E-state index contributed by atoms with van der Waals surface area (Å²) in [5, 5.41) is 8.63. The molecule has 9 nitrogen and oxygen atoms in total. The minimum atomic E-state index is -1.20. The van der Waals surface area contributed by atoms with Crippen molar-refractivity contribution in [2.75, 3.05) is 26.7 Å². The van der Waals surface area contributed by atoms with Gasteiger partial charge in [0.25, 0.3) is 5.91 Å². The van der Waals surface area contributed by atoms with E-state index in [-0.39, 0.29) is 37.2 Å². The second kappa shape index (κ2) is 10.9.